The third-order valence-electron chi connectivity index (χ3n) is 3.53. The molecule has 0 fully saturated rings. The summed E-state index contributed by atoms with van der Waals surface area (Å²) in [5.74, 6) is 0.196. The van der Waals surface area contributed by atoms with E-state index in [0.29, 0.717) is 23.6 Å². The summed E-state index contributed by atoms with van der Waals surface area (Å²) in [6.07, 6.45) is 0. The van der Waals surface area contributed by atoms with Crippen molar-refractivity contribution in [1.82, 2.24) is 10.3 Å². The summed E-state index contributed by atoms with van der Waals surface area (Å²) in [6.45, 7) is 2.61. The largest absolute Gasteiger partial charge is 0.489 e. The van der Waals surface area contributed by atoms with Crippen molar-refractivity contribution in [2.24, 2.45) is 0 Å². The summed E-state index contributed by atoms with van der Waals surface area (Å²) in [5.41, 5.74) is 1.83. The molecule has 0 spiro atoms. The van der Waals surface area contributed by atoms with Gasteiger partial charge in [0.05, 0.1) is 0 Å². The van der Waals surface area contributed by atoms with Crippen LogP contribution in [0.3, 0.4) is 0 Å². The van der Waals surface area contributed by atoms with Crippen LogP contribution < -0.4 is 10.1 Å². The maximum atomic E-state index is 13.6. The molecule has 2 aromatic carbocycles. The Morgan fingerprint density at radius 1 is 1.20 bits per heavy atom. The van der Waals surface area contributed by atoms with E-state index >= 15 is 0 Å². The van der Waals surface area contributed by atoms with E-state index in [4.69, 9.17) is 4.74 Å². The quantitative estimate of drug-likeness (QED) is 0.717. The van der Waals surface area contributed by atoms with E-state index in [0.717, 1.165) is 10.6 Å². The number of halogens is 1. The van der Waals surface area contributed by atoms with Gasteiger partial charge in [0.1, 0.15) is 28.9 Å². The minimum absolute atomic E-state index is 0.171. The van der Waals surface area contributed by atoms with Crippen LogP contribution in [0.25, 0.3) is 10.6 Å². The van der Waals surface area contributed by atoms with Crippen molar-refractivity contribution in [1.29, 1.82) is 0 Å². The van der Waals surface area contributed by atoms with Gasteiger partial charge in [0.2, 0.25) is 0 Å². The zero-order valence-electron chi connectivity index (χ0n) is 13.7. The zero-order valence-corrected chi connectivity index (χ0v) is 14.5. The van der Waals surface area contributed by atoms with Crippen LogP contribution in [0.1, 0.15) is 23.0 Å². The predicted molar refractivity (Wildman–Crippen MR) is 96.3 cm³/mol. The first-order chi connectivity index (χ1) is 12.2. The summed E-state index contributed by atoms with van der Waals surface area (Å²) in [7, 11) is 0. The van der Waals surface area contributed by atoms with Crippen molar-refractivity contribution in [3.8, 4) is 16.3 Å². The van der Waals surface area contributed by atoms with Crippen LogP contribution >= 0.6 is 11.3 Å². The van der Waals surface area contributed by atoms with E-state index in [2.05, 4.69) is 10.3 Å². The second-order valence-electron chi connectivity index (χ2n) is 5.30. The van der Waals surface area contributed by atoms with Gasteiger partial charge in [0.15, 0.2) is 0 Å². The fraction of sp³-hybridized carbons (Fsp3) is 0.158. The third-order valence-corrected chi connectivity index (χ3v) is 4.42. The van der Waals surface area contributed by atoms with Crippen LogP contribution in [-0.4, -0.2) is 17.4 Å². The van der Waals surface area contributed by atoms with E-state index in [9.17, 15) is 9.18 Å². The topological polar surface area (TPSA) is 51.2 Å². The normalized spacial score (nSPS) is 10.5. The first-order valence-corrected chi connectivity index (χ1v) is 8.75. The lowest BCUT2D eigenvalue weighted by Crippen LogP contribution is -2.22. The van der Waals surface area contributed by atoms with E-state index < -0.39 is 0 Å². The molecule has 0 aliphatic heterocycles. The number of nitrogens with one attached hydrogen (secondary N) is 1. The second-order valence-corrected chi connectivity index (χ2v) is 6.16. The fourth-order valence-electron chi connectivity index (χ4n) is 2.23. The number of hydrogen-bond donors (Lipinski definition) is 1. The molecule has 0 aliphatic carbocycles. The summed E-state index contributed by atoms with van der Waals surface area (Å²) >= 11 is 1.41. The Morgan fingerprint density at radius 3 is 2.68 bits per heavy atom. The SMILES string of the molecule is CCNC(=O)c1csc(-c2ccc(OCc3ccccc3F)cc2)n1. The van der Waals surface area contributed by atoms with Gasteiger partial charge in [0.25, 0.3) is 5.91 Å². The number of ether oxygens (including phenoxy) is 1. The molecule has 3 aromatic rings. The third kappa shape index (κ3) is 4.22. The number of aromatic nitrogens is 1. The molecule has 1 amide bonds. The summed E-state index contributed by atoms with van der Waals surface area (Å²) in [6, 6.07) is 13.9. The molecule has 6 heteroatoms. The average molecular weight is 356 g/mol. The van der Waals surface area contributed by atoms with Crippen LogP contribution in [0.5, 0.6) is 5.75 Å². The van der Waals surface area contributed by atoms with Gasteiger partial charge in [-0.2, -0.15) is 0 Å². The first-order valence-electron chi connectivity index (χ1n) is 7.87. The number of amides is 1. The Bertz CT molecular complexity index is 862. The lowest BCUT2D eigenvalue weighted by Gasteiger charge is -2.07. The molecule has 4 nitrogen and oxygen atoms in total. The molecule has 0 aliphatic rings. The number of carbonyl (C=O) groups is 1. The van der Waals surface area contributed by atoms with Crippen LogP contribution in [-0.2, 0) is 6.61 Å². The lowest BCUT2D eigenvalue weighted by atomic mass is 10.2. The molecular formula is C19H17FN2O2S. The molecule has 1 N–H and O–H groups in total. The highest BCUT2D eigenvalue weighted by molar-refractivity contribution is 7.13. The molecule has 0 radical (unpaired) electrons. The molecule has 25 heavy (non-hydrogen) atoms. The van der Waals surface area contributed by atoms with Gasteiger partial charge in [-0.25, -0.2) is 9.37 Å². The summed E-state index contributed by atoms with van der Waals surface area (Å²) < 4.78 is 19.2. The van der Waals surface area contributed by atoms with E-state index in [-0.39, 0.29) is 18.3 Å². The van der Waals surface area contributed by atoms with Crippen molar-refractivity contribution in [3.05, 3.63) is 71.0 Å². The van der Waals surface area contributed by atoms with Crippen LogP contribution in [0.4, 0.5) is 4.39 Å². The van der Waals surface area contributed by atoms with Gasteiger partial charge >= 0.3 is 0 Å². The molecule has 1 aromatic heterocycles. The molecule has 0 bridgehead atoms. The van der Waals surface area contributed by atoms with Crippen molar-refractivity contribution >= 4 is 17.2 Å². The van der Waals surface area contributed by atoms with Gasteiger partial charge in [-0.15, -0.1) is 11.3 Å². The Morgan fingerprint density at radius 2 is 1.96 bits per heavy atom. The molecule has 1 heterocycles. The highest BCUT2D eigenvalue weighted by atomic mass is 32.1. The highest BCUT2D eigenvalue weighted by Gasteiger charge is 2.11. The van der Waals surface area contributed by atoms with Crippen molar-refractivity contribution in [2.45, 2.75) is 13.5 Å². The van der Waals surface area contributed by atoms with Crippen molar-refractivity contribution < 1.29 is 13.9 Å². The predicted octanol–water partition coefficient (Wildman–Crippen LogP) is 4.28. The maximum Gasteiger partial charge on any atom is 0.270 e. The van der Waals surface area contributed by atoms with Gasteiger partial charge < -0.3 is 10.1 Å². The number of carbonyl (C=O) groups excluding carboxylic acids is 1. The minimum atomic E-state index is -0.278. The first kappa shape index (κ1) is 17.1. The Balaban J connectivity index is 1.66. The standard InChI is InChI=1S/C19H17FN2O2S/c1-2-21-18(23)17-12-25-19(22-17)13-7-9-15(10-8-13)24-11-14-5-3-4-6-16(14)20/h3-10,12H,2,11H2,1H3,(H,21,23). The number of nitrogens with zero attached hydrogens (tertiary/aromatic N) is 1. The molecular weight excluding hydrogens is 339 g/mol. The van der Waals surface area contributed by atoms with Crippen LogP contribution in [0.15, 0.2) is 53.9 Å². The van der Waals surface area contributed by atoms with Crippen molar-refractivity contribution in [3.63, 3.8) is 0 Å². The van der Waals surface area contributed by atoms with Crippen LogP contribution in [0.2, 0.25) is 0 Å². The average Bonchev–Trinajstić information content (AvgIpc) is 3.12. The fourth-order valence-corrected chi connectivity index (χ4v) is 3.04. The van der Waals surface area contributed by atoms with Gasteiger partial charge in [-0.1, -0.05) is 18.2 Å². The van der Waals surface area contributed by atoms with E-state index in [1.54, 1.807) is 23.6 Å². The lowest BCUT2D eigenvalue weighted by molar-refractivity contribution is 0.0951. The number of hydrogen-bond acceptors (Lipinski definition) is 4. The van der Waals surface area contributed by atoms with Gasteiger partial charge in [-0.05, 0) is 37.3 Å². The molecule has 128 valence electrons. The Labute approximate surface area is 149 Å². The summed E-state index contributed by atoms with van der Waals surface area (Å²) in [4.78, 5) is 16.1. The Hall–Kier alpha value is -2.73. The van der Waals surface area contributed by atoms with E-state index in [1.807, 2.05) is 31.2 Å². The Kier molecular flexibility index (Phi) is 5.40. The minimum Gasteiger partial charge on any atom is -0.489 e. The monoisotopic (exact) mass is 356 g/mol. The van der Waals surface area contributed by atoms with Crippen molar-refractivity contribution in [2.75, 3.05) is 6.54 Å². The molecule has 0 saturated heterocycles. The smallest absolute Gasteiger partial charge is 0.270 e. The number of thiazole rings is 1. The molecule has 0 saturated carbocycles. The number of rotatable bonds is 6. The molecule has 0 atom stereocenters. The number of benzene rings is 2. The molecule has 3 rings (SSSR count). The maximum absolute atomic E-state index is 13.6. The van der Waals surface area contributed by atoms with Gasteiger partial charge in [0, 0.05) is 23.1 Å². The van der Waals surface area contributed by atoms with Crippen LogP contribution in [0, 0.1) is 5.82 Å². The van der Waals surface area contributed by atoms with Gasteiger partial charge in [-0.3, -0.25) is 4.79 Å². The highest BCUT2D eigenvalue weighted by Crippen LogP contribution is 2.26. The van der Waals surface area contributed by atoms with E-state index in [1.165, 1.54) is 17.4 Å². The summed E-state index contributed by atoms with van der Waals surface area (Å²) in [5, 5.41) is 5.23. The zero-order chi connectivity index (χ0) is 17.6. The second kappa shape index (κ2) is 7.90. The molecule has 0 unspecified atom stereocenters.